The van der Waals surface area contributed by atoms with Crippen molar-refractivity contribution in [2.45, 2.75) is 18.6 Å². The fraction of sp³-hybridized carbons (Fsp3) is 0.273. The lowest BCUT2D eigenvalue weighted by Crippen LogP contribution is -2.28. The maximum absolute atomic E-state index is 12.5. The van der Waals surface area contributed by atoms with Gasteiger partial charge in [0, 0.05) is 12.5 Å². The fourth-order valence-corrected chi connectivity index (χ4v) is 3.79. The Labute approximate surface area is 190 Å². The number of nitrogens with zero attached hydrogens (tertiary/aromatic N) is 2. The zero-order chi connectivity index (χ0) is 23.1. The average Bonchev–Trinajstić information content (AvgIpc) is 3.16. The lowest BCUT2D eigenvalue weighted by Gasteiger charge is -2.12. The monoisotopic (exact) mass is 456 g/mol. The lowest BCUT2D eigenvalue weighted by molar-refractivity contribution is -0.122. The summed E-state index contributed by atoms with van der Waals surface area (Å²) in [7, 11) is 4.65. The maximum Gasteiger partial charge on any atom is 0.240 e. The first-order valence-electron chi connectivity index (χ1n) is 9.69. The molecule has 1 heterocycles. The van der Waals surface area contributed by atoms with Gasteiger partial charge in [0.2, 0.25) is 11.8 Å². The second kappa shape index (κ2) is 10.7. The van der Waals surface area contributed by atoms with E-state index in [2.05, 4.69) is 20.8 Å². The van der Waals surface area contributed by atoms with Gasteiger partial charge in [-0.2, -0.15) is 5.10 Å². The topological polar surface area (TPSA) is 111 Å². The third-order valence-corrected chi connectivity index (χ3v) is 5.70. The number of benzene rings is 2. The van der Waals surface area contributed by atoms with Gasteiger partial charge >= 0.3 is 0 Å². The van der Waals surface area contributed by atoms with Gasteiger partial charge in [0.05, 0.1) is 32.7 Å². The summed E-state index contributed by atoms with van der Waals surface area (Å²) in [6.07, 6.45) is -0.0219. The third-order valence-electron chi connectivity index (χ3n) is 4.63. The fourth-order valence-electron chi connectivity index (χ4n) is 2.87. The molecule has 0 aliphatic carbocycles. The van der Waals surface area contributed by atoms with Crippen LogP contribution in [0.3, 0.4) is 0 Å². The van der Waals surface area contributed by atoms with Crippen LogP contribution in [-0.4, -0.2) is 49.3 Å². The van der Waals surface area contributed by atoms with Crippen molar-refractivity contribution in [3.63, 3.8) is 0 Å². The summed E-state index contributed by atoms with van der Waals surface area (Å²) in [4.78, 5) is 24.7. The molecule has 1 aliphatic rings. The van der Waals surface area contributed by atoms with Crippen LogP contribution in [0.2, 0.25) is 0 Å². The number of ether oxygens (including phenoxy) is 3. The van der Waals surface area contributed by atoms with E-state index in [9.17, 15) is 9.59 Å². The van der Waals surface area contributed by atoms with Crippen molar-refractivity contribution in [2.24, 2.45) is 10.2 Å². The molecule has 0 aromatic heterocycles. The highest BCUT2D eigenvalue weighted by Gasteiger charge is 2.32. The normalized spacial score (nSPS) is 17.1. The molecule has 168 valence electrons. The summed E-state index contributed by atoms with van der Waals surface area (Å²) in [6, 6.07) is 12.5. The van der Waals surface area contributed by atoms with Crippen LogP contribution >= 0.6 is 11.8 Å². The van der Waals surface area contributed by atoms with Crippen molar-refractivity contribution in [1.82, 2.24) is 5.32 Å². The molecule has 2 amide bonds. The number of methoxy groups -OCH3 is 3. The number of carbonyl (C=O) groups is 2. The van der Waals surface area contributed by atoms with Gasteiger partial charge in [0.15, 0.2) is 5.17 Å². The van der Waals surface area contributed by atoms with Gasteiger partial charge in [-0.25, -0.2) is 0 Å². The van der Waals surface area contributed by atoms with Gasteiger partial charge in [-0.05, 0) is 48.9 Å². The predicted octanol–water partition coefficient (Wildman–Crippen LogP) is 3.05. The number of hydrogen-bond donors (Lipinski definition) is 2. The number of anilines is 1. The van der Waals surface area contributed by atoms with E-state index in [4.69, 9.17) is 14.2 Å². The van der Waals surface area contributed by atoms with E-state index < -0.39 is 5.25 Å². The molecule has 1 aliphatic heterocycles. The number of carbonyl (C=O) groups excluding carboxylic acids is 2. The van der Waals surface area contributed by atoms with Crippen LogP contribution in [0.15, 0.2) is 52.7 Å². The lowest BCUT2D eigenvalue weighted by atomic mass is 10.1. The highest BCUT2D eigenvalue weighted by molar-refractivity contribution is 8.15. The van der Waals surface area contributed by atoms with Crippen LogP contribution in [0.25, 0.3) is 0 Å². The minimum Gasteiger partial charge on any atom is -0.497 e. The van der Waals surface area contributed by atoms with E-state index in [1.807, 2.05) is 31.2 Å². The molecule has 3 rings (SSSR count). The summed E-state index contributed by atoms with van der Waals surface area (Å²) in [5.41, 5.74) is 2.06. The summed E-state index contributed by atoms with van der Waals surface area (Å²) in [5.74, 6) is 1.21. The number of hydrogen-bond acceptors (Lipinski definition) is 8. The van der Waals surface area contributed by atoms with Crippen molar-refractivity contribution < 1.29 is 23.8 Å². The van der Waals surface area contributed by atoms with E-state index in [1.54, 1.807) is 32.4 Å². The van der Waals surface area contributed by atoms with Crippen molar-refractivity contribution in [1.29, 1.82) is 0 Å². The minimum atomic E-state index is -0.602. The Kier molecular flexibility index (Phi) is 7.72. The van der Waals surface area contributed by atoms with Gasteiger partial charge in [0.25, 0.3) is 0 Å². The predicted molar refractivity (Wildman–Crippen MR) is 125 cm³/mol. The third kappa shape index (κ3) is 5.79. The molecule has 2 N–H and O–H groups in total. The molecule has 0 unspecified atom stereocenters. The molecule has 1 fully saturated rings. The van der Waals surface area contributed by atoms with Crippen LogP contribution in [0.5, 0.6) is 17.2 Å². The number of amidine groups is 1. The number of thioether (sulfide) groups is 1. The Balaban J connectivity index is 1.61. The SMILES string of the molecule is COc1ccc(/C(C)=N\N=C2/NC(=O)[C@H](CC(=O)Nc3ccc(OC)cc3OC)S2)cc1. The molecule has 2 aromatic carbocycles. The molecule has 9 nitrogen and oxygen atoms in total. The molecule has 32 heavy (non-hydrogen) atoms. The Morgan fingerprint density at radius 1 is 1.06 bits per heavy atom. The molecular formula is C22H24N4O5S. The molecular weight excluding hydrogens is 432 g/mol. The average molecular weight is 457 g/mol. The second-order valence-corrected chi connectivity index (χ2v) is 7.92. The van der Waals surface area contributed by atoms with Crippen LogP contribution in [0.4, 0.5) is 5.69 Å². The molecule has 0 bridgehead atoms. The Hall–Kier alpha value is -3.53. The number of rotatable bonds is 8. The molecule has 10 heteroatoms. The molecule has 0 saturated carbocycles. The van der Waals surface area contributed by atoms with Crippen molar-refractivity contribution in [3.05, 3.63) is 48.0 Å². The highest BCUT2D eigenvalue weighted by atomic mass is 32.2. The minimum absolute atomic E-state index is 0.0219. The van der Waals surface area contributed by atoms with Gasteiger partial charge in [-0.15, -0.1) is 5.10 Å². The first-order valence-corrected chi connectivity index (χ1v) is 10.6. The Morgan fingerprint density at radius 2 is 1.75 bits per heavy atom. The first-order chi connectivity index (χ1) is 15.4. The van der Waals surface area contributed by atoms with Gasteiger partial charge < -0.3 is 24.8 Å². The zero-order valence-electron chi connectivity index (χ0n) is 18.2. The Bertz CT molecular complexity index is 1050. The van der Waals surface area contributed by atoms with Crippen LogP contribution in [0.1, 0.15) is 18.9 Å². The van der Waals surface area contributed by atoms with E-state index in [0.717, 1.165) is 11.3 Å². The Morgan fingerprint density at radius 3 is 2.41 bits per heavy atom. The van der Waals surface area contributed by atoms with E-state index >= 15 is 0 Å². The highest BCUT2D eigenvalue weighted by Crippen LogP contribution is 2.30. The molecule has 0 radical (unpaired) electrons. The standard InChI is InChI=1S/C22H24N4O5S/c1-13(14-5-7-15(29-2)8-6-14)25-26-22-24-21(28)19(32-22)12-20(27)23-17-10-9-16(30-3)11-18(17)31-4/h5-11,19H,12H2,1-4H3,(H,23,27)(H,24,26,28)/b25-13-/t19-/m0/s1. The maximum atomic E-state index is 12.5. The number of nitrogens with one attached hydrogen (secondary N) is 2. The first kappa shape index (κ1) is 23.1. The molecule has 1 atom stereocenters. The van der Waals surface area contributed by atoms with Crippen LogP contribution < -0.4 is 24.8 Å². The molecule has 1 saturated heterocycles. The van der Waals surface area contributed by atoms with Crippen LogP contribution in [0, 0.1) is 0 Å². The van der Waals surface area contributed by atoms with E-state index in [0.29, 0.717) is 28.1 Å². The van der Waals surface area contributed by atoms with Crippen molar-refractivity contribution in [3.8, 4) is 17.2 Å². The second-order valence-electron chi connectivity index (χ2n) is 6.73. The quantitative estimate of drug-likeness (QED) is 0.467. The van der Waals surface area contributed by atoms with Gasteiger partial charge in [0.1, 0.15) is 22.5 Å². The molecule has 0 spiro atoms. The van der Waals surface area contributed by atoms with Gasteiger partial charge in [-0.1, -0.05) is 11.8 Å². The summed E-state index contributed by atoms with van der Waals surface area (Å²) in [6.45, 7) is 1.82. The molecule has 2 aromatic rings. The summed E-state index contributed by atoms with van der Waals surface area (Å²) in [5, 5.41) is 13.5. The summed E-state index contributed by atoms with van der Waals surface area (Å²) < 4.78 is 15.6. The van der Waals surface area contributed by atoms with Gasteiger partial charge in [-0.3, -0.25) is 9.59 Å². The van der Waals surface area contributed by atoms with Crippen molar-refractivity contribution in [2.75, 3.05) is 26.6 Å². The largest absolute Gasteiger partial charge is 0.497 e. The zero-order valence-corrected chi connectivity index (χ0v) is 19.0. The summed E-state index contributed by atoms with van der Waals surface area (Å²) >= 11 is 1.17. The van der Waals surface area contributed by atoms with Crippen LogP contribution in [-0.2, 0) is 9.59 Å². The van der Waals surface area contributed by atoms with E-state index in [-0.39, 0.29) is 18.2 Å². The van der Waals surface area contributed by atoms with E-state index in [1.165, 1.54) is 18.9 Å². The van der Waals surface area contributed by atoms with Crippen molar-refractivity contribution >= 4 is 40.1 Å². The smallest absolute Gasteiger partial charge is 0.240 e. The number of amides is 2.